The first-order valence-electron chi connectivity index (χ1n) is 6.40. The first-order chi connectivity index (χ1) is 8.10. The Morgan fingerprint density at radius 3 is 2.24 bits per heavy atom. The number of halogens is 1. The molecule has 0 bridgehead atoms. The van der Waals surface area contributed by atoms with Crippen LogP contribution in [0, 0.1) is 5.82 Å². The second-order valence-electron chi connectivity index (χ2n) is 4.49. The predicted molar refractivity (Wildman–Crippen MR) is 71.8 cm³/mol. The van der Waals surface area contributed by atoms with Crippen molar-refractivity contribution in [2.45, 2.75) is 39.7 Å². The SMILES string of the molecule is CCCN(CCC)c1ccc(C(C)N)cc1F. The van der Waals surface area contributed by atoms with Gasteiger partial charge < -0.3 is 10.6 Å². The topological polar surface area (TPSA) is 29.3 Å². The lowest BCUT2D eigenvalue weighted by molar-refractivity contribution is 0.608. The molecule has 96 valence electrons. The van der Waals surface area contributed by atoms with Gasteiger partial charge in [-0.2, -0.15) is 0 Å². The summed E-state index contributed by atoms with van der Waals surface area (Å²) in [5.74, 6) is -0.165. The molecule has 0 aromatic heterocycles. The van der Waals surface area contributed by atoms with Crippen LogP contribution in [0.4, 0.5) is 10.1 Å². The summed E-state index contributed by atoms with van der Waals surface area (Å²) in [5.41, 5.74) is 7.29. The van der Waals surface area contributed by atoms with E-state index < -0.39 is 0 Å². The first kappa shape index (κ1) is 14.0. The zero-order valence-electron chi connectivity index (χ0n) is 11.0. The second-order valence-corrected chi connectivity index (χ2v) is 4.49. The van der Waals surface area contributed by atoms with E-state index in [0.29, 0.717) is 5.69 Å². The van der Waals surface area contributed by atoms with Crippen LogP contribution >= 0.6 is 0 Å². The van der Waals surface area contributed by atoms with E-state index in [-0.39, 0.29) is 11.9 Å². The molecule has 1 aromatic carbocycles. The van der Waals surface area contributed by atoms with E-state index in [1.165, 1.54) is 0 Å². The number of nitrogens with zero attached hydrogens (tertiary/aromatic N) is 1. The lowest BCUT2D eigenvalue weighted by Crippen LogP contribution is -2.26. The molecule has 0 heterocycles. The summed E-state index contributed by atoms with van der Waals surface area (Å²) in [6.07, 6.45) is 2.04. The van der Waals surface area contributed by atoms with Gasteiger partial charge in [-0.25, -0.2) is 4.39 Å². The molecule has 1 unspecified atom stereocenters. The summed E-state index contributed by atoms with van der Waals surface area (Å²) >= 11 is 0. The summed E-state index contributed by atoms with van der Waals surface area (Å²) in [5, 5.41) is 0. The van der Waals surface area contributed by atoms with E-state index in [1.54, 1.807) is 6.07 Å². The molecule has 2 N–H and O–H groups in total. The first-order valence-corrected chi connectivity index (χ1v) is 6.40. The standard InChI is InChI=1S/C14H23FN2/c1-4-8-17(9-5-2)14-7-6-12(11(3)16)10-13(14)15/h6-7,10-11H,4-5,8-9,16H2,1-3H3. The van der Waals surface area contributed by atoms with Crippen LogP contribution in [-0.2, 0) is 0 Å². The summed E-state index contributed by atoms with van der Waals surface area (Å²) in [7, 11) is 0. The summed E-state index contributed by atoms with van der Waals surface area (Å²) in [6.45, 7) is 7.86. The molecule has 3 heteroatoms. The van der Waals surface area contributed by atoms with Gasteiger partial charge in [0.2, 0.25) is 0 Å². The smallest absolute Gasteiger partial charge is 0.146 e. The Kier molecular flexibility index (Phi) is 5.42. The molecule has 0 aliphatic carbocycles. The number of benzene rings is 1. The lowest BCUT2D eigenvalue weighted by Gasteiger charge is -2.24. The fourth-order valence-corrected chi connectivity index (χ4v) is 1.96. The Hall–Kier alpha value is -1.09. The molecule has 0 spiro atoms. The number of hydrogen-bond acceptors (Lipinski definition) is 2. The van der Waals surface area contributed by atoms with Gasteiger partial charge in [-0.1, -0.05) is 19.9 Å². The molecule has 0 fully saturated rings. The van der Waals surface area contributed by atoms with Gasteiger partial charge >= 0.3 is 0 Å². The Morgan fingerprint density at radius 1 is 1.24 bits per heavy atom. The maximum Gasteiger partial charge on any atom is 0.146 e. The third kappa shape index (κ3) is 3.70. The monoisotopic (exact) mass is 238 g/mol. The Labute approximate surface area is 104 Å². The normalized spacial score (nSPS) is 12.5. The van der Waals surface area contributed by atoms with Crippen LogP contribution in [0.2, 0.25) is 0 Å². The van der Waals surface area contributed by atoms with Crippen molar-refractivity contribution in [1.29, 1.82) is 0 Å². The Bertz CT molecular complexity index is 344. The van der Waals surface area contributed by atoms with Gasteiger partial charge in [0.15, 0.2) is 0 Å². The van der Waals surface area contributed by atoms with E-state index in [4.69, 9.17) is 5.73 Å². The maximum absolute atomic E-state index is 14.0. The van der Waals surface area contributed by atoms with Crippen molar-refractivity contribution in [1.82, 2.24) is 0 Å². The Balaban J connectivity index is 2.95. The fourth-order valence-electron chi connectivity index (χ4n) is 1.96. The van der Waals surface area contributed by atoms with Crippen molar-refractivity contribution in [3.63, 3.8) is 0 Å². The van der Waals surface area contributed by atoms with Crippen LogP contribution in [0.5, 0.6) is 0 Å². The van der Waals surface area contributed by atoms with Gasteiger partial charge in [-0.15, -0.1) is 0 Å². The minimum absolute atomic E-state index is 0.121. The minimum Gasteiger partial charge on any atom is -0.369 e. The molecule has 0 aliphatic heterocycles. The molecule has 0 saturated heterocycles. The quantitative estimate of drug-likeness (QED) is 0.822. The summed E-state index contributed by atoms with van der Waals surface area (Å²) in [4.78, 5) is 2.10. The van der Waals surface area contributed by atoms with Crippen LogP contribution in [-0.4, -0.2) is 13.1 Å². The molecule has 0 amide bonds. The third-order valence-corrected chi connectivity index (χ3v) is 2.83. The van der Waals surface area contributed by atoms with Gasteiger partial charge in [-0.05, 0) is 37.5 Å². The average molecular weight is 238 g/mol. The van der Waals surface area contributed by atoms with Crippen LogP contribution in [0.15, 0.2) is 18.2 Å². The second kappa shape index (κ2) is 6.60. The van der Waals surface area contributed by atoms with Crippen LogP contribution in [0.1, 0.15) is 45.2 Å². The fraction of sp³-hybridized carbons (Fsp3) is 0.571. The van der Waals surface area contributed by atoms with E-state index >= 15 is 0 Å². The zero-order chi connectivity index (χ0) is 12.8. The average Bonchev–Trinajstić information content (AvgIpc) is 2.28. The lowest BCUT2D eigenvalue weighted by atomic mass is 10.1. The van der Waals surface area contributed by atoms with Gasteiger partial charge in [0.1, 0.15) is 5.82 Å². The van der Waals surface area contributed by atoms with Crippen molar-refractivity contribution in [3.8, 4) is 0 Å². The van der Waals surface area contributed by atoms with Gasteiger partial charge in [0.05, 0.1) is 5.69 Å². The highest BCUT2D eigenvalue weighted by molar-refractivity contribution is 5.49. The molecular formula is C14H23FN2. The van der Waals surface area contributed by atoms with Gasteiger partial charge in [0, 0.05) is 19.1 Å². The van der Waals surface area contributed by atoms with E-state index in [0.717, 1.165) is 31.5 Å². The van der Waals surface area contributed by atoms with Crippen LogP contribution < -0.4 is 10.6 Å². The number of nitrogens with two attached hydrogens (primary N) is 1. The molecule has 0 radical (unpaired) electrons. The van der Waals surface area contributed by atoms with Gasteiger partial charge in [0.25, 0.3) is 0 Å². The van der Waals surface area contributed by atoms with E-state index in [9.17, 15) is 4.39 Å². The van der Waals surface area contributed by atoms with Crippen molar-refractivity contribution >= 4 is 5.69 Å². The van der Waals surface area contributed by atoms with Crippen LogP contribution in [0.3, 0.4) is 0 Å². The van der Waals surface area contributed by atoms with Crippen molar-refractivity contribution in [2.75, 3.05) is 18.0 Å². The maximum atomic E-state index is 14.0. The van der Waals surface area contributed by atoms with Crippen molar-refractivity contribution < 1.29 is 4.39 Å². The highest BCUT2D eigenvalue weighted by Gasteiger charge is 2.11. The number of hydrogen-bond donors (Lipinski definition) is 1. The number of rotatable bonds is 6. The molecular weight excluding hydrogens is 215 g/mol. The molecule has 1 atom stereocenters. The van der Waals surface area contributed by atoms with Gasteiger partial charge in [-0.3, -0.25) is 0 Å². The zero-order valence-corrected chi connectivity index (χ0v) is 11.0. The largest absolute Gasteiger partial charge is 0.369 e. The molecule has 17 heavy (non-hydrogen) atoms. The molecule has 0 saturated carbocycles. The molecule has 2 nitrogen and oxygen atoms in total. The highest BCUT2D eigenvalue weighted by Crippen LogP contribution is 2.23. The predicted octanol–water partition coefficient (Wildman–Crippen LogP) is 3.47. The summed E-state index contributed by atoms with van der Waals surface area (Å²) < 4.78 is 14.0. The number of anilines is 1. The summed E-state index contributed by atoms with van der Waals surface area (Å²) in [6, 6.07) is 5.20. The van der Waals surface area contributed by atoms with Crippen molar-refractivity contribution in [3.05, 3.63) is 29.6 Å². The molecule has 1 aromatic rings. The molecule has 0 aliphatic rings. The minimum atomic E-state index is -0.165. The molecule has 1 rings (SSSR count). The Morgan fingerprint density at radius 2 is 1.82 bits per heavy atom. The van der Waals surface area contributed by atoms with Crippen molar-refractivity contribution in [2.24, 2.45) is 5.73 Å². The van der Waals surface area contributed by atoms with E-state index in [2.05, 4.69) is 18.7 Å². The highest BCUT2D eigenvalue weighted by atomic mass is 19.1. The van der Waals surface area contributed by atoms with Crippen LogP contribution in [0.25, 0.3) is 0 Å². The van der Waals surface area contributed by atoms with E-state index in [1.807, 2.05) is 19.1 Å². The third-order valence-electron chi connectivity index (χ3n) is 2.83.